The van der Waals surface area contributed by atoms with Crippen molar-refractivity contribution < 1.29 is 23.5 Å². The standard InChI is InChI=1S/C15H16FNO4/c1-4-9-17-13(18)10-20-14(19)15(2,3)21-12-7-5-11(16)6-8-12/h1,5-8H,9-10H2,2-3H3,(H,17,18). The lowest BCUT2D eigenvalue weighted by atomic mass is 10.1. The van der Waals surface area contributed by atoms with Gasteiger partial charge in [-0.1, -0.05) is 5.92 Å². The van der Waals surface area contributed by atoms with Crippen molar-refractivity contribution in [2.75, 3.05) is 13.2 Å². The third kappa shape index (κ3) is 5.53. The van der Waals surface area contributed by atoms with Gasteiger partial charge in [-0.25, -0.2) is 9.18 Å². The molecule has 112 valence electrons. The molecule has 0 heterocycles. The van der Waals surface area contributed by atoms with Gasteiger partial charge >= 0.3 is 5.97 Å². The van der Waals surface area contributed by atoms with Crippen LogP contribution in [0.4, 0.5) is 4.39 Å². The molecule has 0 atom stereocenters. The van der Waals surface area contributed by atoms with E-state index in [1.165, 1.54) is 38.1 Å². The second kappa shape index (κ2) is 7.29. The zero-order chi connectivity index (χ0) is 15.9. The summed E-state index contributed by atoms with van der Waals surface area (Å²) in [6.45, 7) is 2.58. The predicted octanol–water partition coefficient (Wildman–Crippen LogP) is 1.28. The van der Waals surface area contributed by atoms with E-state index in [9.17, 15) is 14.0 Å². The average Bonchev–Trinajstić information content (AvgIpc) is 2.44. The van der Waals surface area contributed by atoms with Crippen LogP contribution >= 0.6 is 0 Å². The van der Waals surface area contributed by atoms with Crippen molar-refractivity contribution in [3.63, 3.8) is 0 Å². The maximum Gasteiger partial charge on any atom is 0.350 e. The molecule has 1 N–H and O–H groups in total. The maximum atomic E-state index is 12.8. The van der Waals surface area contributed by atoms with Crippen molar-refractivity contribution in [2.24, 2.45) is 0 Å². The molecule has 1 rings (SSSR count). The van der Waals surface area contributed by atoms with E-state index in [1.807, 2.05) is 0 Å². The number of carbonyl (C=O) groups excluding carboxylic acids is 2. The largest absolute Gasteiger partial charge is 0.476 e. The van der Waals surface area contributed by atoms with Crippen molar-refractivity contribution >= 4 is 11.9 Å². The second-order valence-corrected chi connectivity index (χ2v) is 4.62. The lowest BCUT2D eigenvalue weighted by Gasteiger charge is -2.24. The van der Waals surface area contributed by atoms with Crippen LogP contribution in [0.5, 0.6) is 5.75 Å². The van der Waals surface area contributed by atoms with Crippen molar-refractivity contribution in [3.8, 4) is 18.1 Å². The van der Waals surface area contributed by atoms with Crippen molar-refractivity contribution in [2.45, 2.75) is 19.4 Å². The smallest absolute Gasteiger partial charge is 0.350 e. The average molecular weight is 293 g/mol. The summed E-state index contributed by atoms with van der Waals surface area (Å²) in [5, 5.41) is 2.36. The summed E-state index contributed by atoms with van der Waals surface area (Å²) in [6, 6.07) is 5.21. The highest BCUT2D eigenvalue weighted by Crippen LogP contribution is 2.19. The number of halogens is 1. The van der Waals surface area contributed by atoms with E-state index in [-0.39, 0.29) is 6.54 Å². The van der Waals surface area contributed by atoms with Gasteiger partial charge in [0.1, 0.15) is 11.6 Å². The molecular formula is C15H16FNO4. The quantitative estimate of drug-likeness (QED) is 0.634. The van der Waals surface area contributed by atoms with E-state index >= 15 is 0 Å². The molecule has 5 nitrogen and oxygen atoms in total. The fraction of sp³-hybridized carbons (Fsp3) is 0.333. The molecule has 0 aliphatic rings. The molecule has 0 saturated carbocycles. The number of nitrogens with one attached hydrogen (secondary N) is 1. The number of ether oxygens (including phenoxy) is 2. The molecule has 6 heteroatoms. The van der Waals surface area contributed by atoms with Crippen LogP contribution in [0.1, 0.15) is 13.8 Å². The van der Waals surface area contributed by atoms with Gasteiger partial charge in [0.05, 0.1) is 6.54 Å². The molecule has 21 heavy (non-hydrogen) atoms. The highest BCUT2D eigenvalue weighted by Gasteiger charge is 2.32. The van der Waals surface area contributed by atoms with E-state index in [2.05, 4.69) is 11.2 Å². The van der Waals surface area contributed by atoms with Crippen molar-refractivity contribution in [1.82, 2.24) is 5.32 Å². The molecule has 0 saturated heterocycles. The first-order valence-corrected chi connectivity index (χ1v) is 6.17. The zero-order valence-electron chi connectivity index (χ0n) is 11.8. The Kier molecular flexibility index (Phi) is 5.73. The van der Waals surface area contributed by atoms with E-state index in [0.29, 0.717) is 5.75 Å². The van der Waals surface area contributed by atoms with Gasteiger partial charge < -0.3 is 14.8 Å². The summed E-state index contributed by atoms with van der Waals surface area (Å²) >= 11 is 0. The van der Waals surface area contributed by atoms with Crippen LogP contribution in [0.3, 0.4) is 0 Å². The molecule has 0 unspecified atom stereocenters. The molecule has 0 aliphatic heterocycles. The monoisotopic (exact) mass is 293 g/mol. The lowest BCUT2D eigenvalue weighted by molar-refractivity contribution is -0.161. The number of benzene rings is 1. The Hall–Kier alpha value is -2.55. The van der Waals surface area contributed by atoms with Gasteiger partial charge in [-0.2, -0.15) is 0 Å². The SMILES string of the molecule is C#CCNC(=O)COC(=O)C(C)(C)Oc1ccc(F)cc1. The first-order valence-electron chi connectivity index (χ1n) is 6.17. The lowest BCUT2D eigenvalue weighted by Crippen LogP contribution is -2.41. The second-order valence-electron chi connectivity index (χ2n) is 4.62. The van der Waals surface area contributed by atoms with Crippen molar-refractivity contribution in [1.29, 1.82) is 0 Å². The summed E-state index contributed by atoms with van der Waals surface area (Å²) in [7, 11) is 0. The summed E-state index contributed by atoms with van der Waals surface area (Å²) in [6.07, 6.45) is 4.98. The van der Waals surface area contributed by atoms with E-state index in [0.717, 1.165) is 0 Å². The van der Waals surface area contributed by atoms with Crippen molar-refractivity contribution in [3.05, 3.63) is 30.1 Å². The number of carbonyl (C=O) groups is 2. The van der Waals surface area contributed by atoms with Gasteiger partial charge in [0.25, 0.3) is 5.91 Å². The van der Waals surface area contributed by atoms with Gasteiger partial charge in [-0.05, 0) is 38.1 Å². The Bertz CT molecular complexity index is 546. The van der Waals surface area contributed by atoms with Gasteiger partial charge in [-0.15, -0.1) is 6.42 Å². The van der Waals surface area contributed by atoms with Gasteiger partial charge in [0.15, 0.2) is 12.2 Å². The van der Waals surface area contributed by atoms with Crippen LogP contribution in [0.2, 0.25) is 0 Å². The number of amides is 1. The molecular weight excluding hydrogens is 277 g/mol. The van der Waals surface area contributed by atoms with E-state index in [1.54, 1.807) is 0 Å². The Morgan fingerprint density at radius 2 is 1.95 bits per heavy atom. The van der Waals surface area contributed by atoms with Crippen LogP contribution in [0.15, 0.2) is 24.3 Å². The van der Waals surface area contributed by atoms with E-state index < -0.39 is 29.9 Å². The number of hydrogen-bond donors (Lipinski definition) is 1. The zero-order valence-corrected chi connectivity index (χ0v) is 11.8. The molecule has 0 aliphatic carbocycles. The summed E-state index contributed by atoms with van der Waals surface area (Å²) in [4.78, 5) is 23.1. The van der Waals surface area contributed by atoms with Crippen LogP contribution in [0.25, 0.3) is 0 Å². The first-order chi connectivity index (χ1) is 9.85. The highest BCUT2D eigenvalue weighted by atomic mass is 19.1. The molecule has 0 bridgehead atoms. The number of rotatable bonds is 6. The number of hydrogen-bond acceptors (Lipinski definition) is 4. The Morgan fingerprint density at radius 1 is 1.33 bits per heavy atom. The summed E-state index contributed by atoms with van der Waals surface area (Å²) in [5.74, 6) is 0.911. The maximum absolute atomic E-state index is 12.8. The number of terminal acetylenes is 1. The van der Waals surface area contributed by atoms with Crippen LogP contribution in [-0.4, -0.2) is 30.6 Å². The summed E-state index contributed by atoms with van der Waals surface area (Å²) < 4.78 is 23.1. The van der Waals surface area contributed by atoms with Gasteiger partial charge in [-0.3, -0.25) is 4.79 Å². The molecule has 1 aromatic carbocycles. The fourth-order valence-electron chi connectivity index (χ4n) is 1.34. The van der Waals surface area contributed by atoms with Crippen LogP contribution in [-0.2, 0) is 14.3 Å². The molecule has 1 aromatic rings. The minimum atomic E-state index is -1.32. The van der Waals surface area contributed by atoms with Gasteiger partial charge in [0, 0.05) is 0 Å². The molecule has 0 spiro atoms. The van der Waals surface area contributed by atoms with Crippen LogP contribution < -0.4 is 10.1 Å². The van der Waals surface area contributed by atoms with E-state index in [4.69, 9.17) is 15.9 Å². The normalized spacial score (nSPS) is 10.4. The van der Waals surface area contributed by atoms with Crippen LogP contribution in [0, 0.1) is 18.2 Å². The minimum Gasteiger partial charge on any atom is -0.476 e. The minimum absolute atomic E-state index is 0.0614. The Morgan fingerprint density at radius 3 is 2.52 bits per heavy atom. The predicted molar refractivity (Wildman–Crippen MR) is 73.9 cm³/mol. The Labute approximate surface area is 122 Å². The third-order valence-corrected chi connectivity index (χ3v) is 2.40. The molecule has 1 amide bonds. The fourth-order valence-corrected chi connectivity index (χ4v) is 1.34. The number of esters is 1. The first kappa shape index (κ1) is 16.5. The third-order valence-electron chi connectivity index (χ3n) is 2.40. The highest BCUT2D eigenvalue weighted by molar-refractivity contribution is 5.84. The molecule has 0 aromatic heterocycles. The molecule has 0 fully saturated rings. The molecule has 0 radical (unpaired) electrons. The van der Waals surface area contributed by atoms with Gasteiger partial charge in [0.2, 0.25) is 0 Å². The topological polar surface area (TPSA) is 64.6 Å². The summed E-state index contributed by atoms with van der Waals surface area (Å²) in [5.41, 5.74) is -1.32. The Balaban J connectivity index is 2.53.